The maximum absolute atomic E-state index is 13.0. The summed E-state index contributed by atoms with van der Waals surface area (Å²) in [7, 11) is 0. The number of hydrogen-bond acceptors (Lipinski definition) is 4. The van der Waals surface area contributed by atoms with Crippen molar-refractivity contribution in [2.75, 3.05) is 31.3 Å². The van der Waals surface area contributed by atoms with E-state index in [1.54, 1.807) is 11.8 Å². The van der Waals surface area contributed by atoms with Crippen LogP contribution in [0.15, 0.2) is 0 Å². The van der Waals surface area contributed by atoms with Crippen LogP contribution in [0.5, 0.6) is 0 Å². The molecule has 2 amide bonds. The third kappa shape index (κ3) is 4.68. The van der Waals surface area contributed by atoms with Gasteiger partial charge >= 0.3 is 0 Å². The maximum Gasteiger partial charge on any atom is 0.246 e. The van der Waals surface area contributed by atoms with E-state index >= 15 is 0 Å². The number of nitrogens with zero attached hydrogens (tertiary/aromatic N) is 2. The van der Waals surface area contributed by atoms with E-state index in [1.807, 2.05) is 9.80 Å². The van der Waals surface area contributed by atoms with Gasteiger partial charge in [0.25, 0.3) is 0 Å². The summed E-state index contributed by atoms with van der Waals surface area (Å²) in [5.74, 6) is 2.98. The molecule has 148 valence electrons. The number of nitrogens with one attached hydrogen (secondary N) is 1. The second-order valence-corrected chi connectivity index (χ2v) is 9.26. The Balaban J connectivity index is 0.00000196. The minimum atomic E-state index is -0.214. The molecular formula is C19H32ClN3O2S. The van der Waals surface area contributed by atoms with Gasteiger partial charge in [-0.05, 0) is 51.0 Å². The number of halogens is 1. The summed E-state index contributed by atoms with van der Waals surface area (Å²) in [6.45, 7) is 2.84. The standard InChI is InChI=1S/C19H31N3O2S.ClH/c23-18(15-3-1-2-4-15)22-13-25-12-17(22)19(24)21-9-7-16(8-10-21)20-11-14-5-6-14;/h14-17,20H,1-13H2;1H. The van der Waals surface area contributed by atoms with Crippen molar-refractivity contribution < 1.29 is 9.59 Å². The Morgan fingerprint density at radius 3 is 2.31 bits per heavy atom. The highest BCUT2D eigenvalue weighted by atomic mass is 35.5. The lowest BCUT2D eigenvalue weighted by Gasteiger charge is -2.36. The average Bonchev–Trinajstić information content (AvgIpc) is 3.12. The molecule has 4 aliphatic rings. The highest BCUT2D eigenvalue weighted by Gasteiger charge is 2.40. The lowest BCUT2D eigenvalue weighted by atomic mass is 10.0. The Bertz CT molecular complexity index is 503. The molecule has 0 aromatic carbocycles. The Morgan fingerprint density at radius 2 is 1.65 bits per heavy atom. The van der Waals surface area contributed by atoms with Crippen LogP contribution in [0.3, 0.4) is 0 Å². The van der Waals surface area contributed by atoms with Crippen molar-refractivity contribution in [2.24, 2.45) is 11.8 Å². The van der Waals surface area contributed by atoms with Crippen molar-refractivity contribution in [3.8, 4) is 0 Å². The van der Waals surface area contributed by atoms with E-state index in [1.165, 1.54) is 12.8 Å². The fourth-order valence-electron chi connectivity index (χ4n) is 4.44. The number of likely N-dealkylation sites (tertiary alicyclic amines) is 1. The summed E-state index contributed by atoms with van der Waals surface area (Å²) in [4.78, 5) is 29.7. The quantitative estimate of drug-likeness (QED) is 0.768. The molecule has 4 fully saturated rings. The molecule has 26 heavy (non-hydrogen) atoms. The molecule has 4 rings (SSSR count). The molecule has 0 aromatic heterocycles. The highest BCUT2D eigenvalue weighted by molar-refractivity contribution is 7.99. The molecule has 0 spiro atoms. The second-order valence-electron chi connectivity index (χ2n) is 8.26. The molecule has 1 N–H and O–H groups in total. The van der Waals surface area contributed by atoms with E-state index in [-0.39, 0.29) is 36.2 Å². The van der Waals surface area contributed by atoms with Crippen molar-refractivity contribution in [3.63, 3.8) is 0 Å². The van der Waals surface area contributed by atoms with Gasteiger partial charge in [0.15, 0.2) is 0 Å². The van der Waals surface area contributed by atoms with Gasteiger partial charge in [-0.15, -0.1) is 24.2 Å². The average molecular weight is 402 g/mol. The van der Waals surface area contributed by atoms with Crippen LogP contribution in [-0.4, -0.2) is 65.0 Å². The first-order chi connectivity index (χ1) is 12.2. The van der Waals surface area contributed by atoms with Crippen molar-refractivity contribution in [2.45, 2.75) is 63.5 Å². The molecule has 2 aliphatic carbocycles. The first-order valence-corrected chi connectivity index (χ1v) is 11.3. The van der Waals surface area contributed by atoms with Crippen LogP contribution in [0.2, 0.25) is 0 Å². The molecule has 5 nitrogen and oxygen atoms in total. The van der Waals surface area contributed by atoms with Gasteiger partial charge in [0.05, 0.1) is 5.88 Å². The van der Waals surface area contributed by atoms with Gasteiger partial charge < -0.3 is 15.1 Å². The number of hydrogen-bond donors (Lipinski definition) is 1. The minimum Gasteiger partial charge on any atom is -0.341 e. The summed E-state index contributed by atoms with van der Waals surface area (Å²) in [5.41, 5.74) is 0. The third-order valence-corrected chi connectivity index (χ3v) is 7.37. The lowest BCUT2D eigenvalue weighted by Crippen LogP contribution is -2.53. The van der Waals surface area contributed by atoms with Gasteiger partial charge in [-0.25, -0.2) is 0 Å². The highest BCUT2D eigenvalue weighted by Crippen LogP contribution is 2.32. The monoisotopic (exact) mass is 401 g/mol. The van der Waals surface area contributed by atoms with Crippen LogP contribution in [0.4, 0.5) is 0 Å². The molecule has 7 heteroatoms. The molecular weight excluding hydrogens is 370 g/mol. The van der Waals surface area contributed by atoms with Crippen molar-refractivity contribution >= 4 is 36.0 Å². The van der Waals surface area contributed by atoms with Gasteiger partial charge in [-0.3, -0.25) is 9.59 Å². The van der Waals surface area contributed by atoms with Gasteiger partial charge in [0.2, 0.25) is 11.8 Å². The van der Waals surface area contributed by atoms with Crippen LogP contribution in [0, 0.1) is 11.8 Å². The Labute approximate surface area is 167 Å². The van der Waals surface area contributed by atoms with E-state index in [0.717, 1.165) is 69.8 Å². The predicted octanol–water partition coefficient (Wildman–Crippen LogP) is 2.49. The number of thioether (sulfide) groups is 1. The first kappa shape index (κ1) is 20.3. The lowest BCUT2D eigenvalue weighted by molar-refractivity contribution is -0.146. The van der Waals surface area contributed by atoms with Crippen LogP contribution < -0.4 is 5.32 Å². The first-order valence-electron chi connectivity index (χ1n) is 10.1. The van der Waals surface area contributed by atoms with Crippen LogP contribution in [0.1, 0.15) is 51.4 Å². The number of rotatable bonds is 5. The third-order valence-electron chi connectivity index (χ3n) is 6.35. The minimum absolute atomic E-state index is 0. The zero-order chi connectivity index (χ0) is 17.2. The number of carbonyl (C=O) groups is 2. The number of carbonyl (C=O) groups excluding carboxylic acids is 2. The van der Waals surface area contributed by atoms with E-state index in [0.29, 0.717) is 11.9 Å². The van der Waals surface area contributed by atoms with E-state index < -0.39 is 0 Å². The van der Waals surface area contributed by atoms with Gasteiger partial charge in [-0.1, -0.05) is 12.8 Å². The SMILES string of the molecule is Cl.O=C(C1CSCN1C(=O)C1CCCC1)N1CCC(NCC2CC2)CC1. The molecule has 0 radical (unpaired) electrons. The van der Waals surface area contributed by atoms with E-state index in [9.17, 15) is 9.59 Å². The smallest absolute Gasteiger partial charge is 0.246 e. The second kappa shape index (κ2) is 9.16. The summed E-state index contributed by atoms with van der Waals surface area (Å²) in [5, 5.41) is 3.67. The molecule has 0 aromatic rings. The largest absolute Gasteiger partial charge is 0.341 e. The fraction of sp³-hybridized carbons (Fsp3) is 0.895. The van der Waals surface area contributed by atoms with E-state index in [2.05, 4.69) is 5.32 Å². The molecule has 2 heterocycles. The summed E-state index contributed by atoms with van der Waals surface area (Å²) < 4.78 is 0. The molecule has 2 aliphatic heterocycles. The maximum atomic E-state index is 13.0. The van der Waals surface area contributed by atoms with Crippen molar-refractivity contribution in [1.82, 2.24) is 15.1 Å². The van der Waals surface area contributed by atoms with Gasteiger partial charge in [0.1, 0.15) is 6.04 Å². The van der Waals surface area contributed by atoms with Crippen LogP contribution in [-0.2, 0) is 9.59 Å². The molecule has 1 unspecified atom stereocenters. The summed E-state index contributed by atoms with van der Waals surface area (Å²) >= 11 is 1.73. The topological polar surface area (TPSA) is 52.7 Å². The molecule has 2 saturated carbocycles. The molecule has 1 atom stereocenters. The zero-order valence-electron chi connectivity index (χ0n) is 15.5. The van der Waals surface area contributed by atoms with Gasteiger partial charge in [-0.2, -0.15) is 0 Å². The van der Waals surface area contributed by atoms with E-state index in [4.69, 9.17) is 0 Å². The van der Waals surface area contributed by atoms with Gasteiger partial charge in [0, 0.05) is 30.8 Å². The van der Waals surface area contributed by atoms with Crippen LogP contribution in [0.25, 0.3) is 0 Å². The molecule has 2 saturated heterocycles. The normalized spacial score (nSPS) is 27.6. The fourth-order valence-corrected chi connectivity index (χ4v) is 5.60. The Hall–Kier alpha value is -0.460. The number of amides is 2. The van der Waals surface area contributed by atoms with Crippen molar-refractivity contribution in [3.05, 3.63) is 0 Å². The number of piperidine rings is 1. The van der Waals surface area contributed by atoms with Crippen molar-refractivity contribution in [1.29, 1.82) is 0 Å². The predicted molar refractivity (Wildman–Crippen MR) is 107 cm³/mol. The Kier molecular flexibility index (Phi) is 7.14. The summed E-state index contributed by atoms with van der Waals surface area (Å²) in [6, 6.07) is 0.355. The summed E-state index contributed by atoms with van der Waals surface area (Å²) in [6.07, 6.45) is 9.22. The Morgan fingerprint density at radius 1 is 0.962 bits per heavy atom. The zero-order valence-corrected chi connectivity index (χ0v) is 17.2. The van der Waals surface area contributed by atoms with Crippen LogP contribution >= 0.6 is 24.2 Å². The molecule has 0 bridgehead atoms.